The van der Waals surface area contributed by atoms with E-state index in [2.05, 4.69) is 18.8 Å². The van der Waals surface area contributed by atoms with E-state index in [4.69, 9.17) is 21.7 Å². The minimum atomic E-state index is -0.231. The number of hydrogen-bond acceptors (Lipinski definition) is 5. The van der Waals surface area contributed by atoms with E-state index in [0.29, 0.717) is 11.4 Å². The van der Waals surface area contributed by atoms with E-state index in [1.165, 1.54) is 0 Å². The number of H-pyrrole nitrogens is 1. The van der Waals surface area contributed by atoms with Crippen molar-refractivity contribution in [3.63, 3.8) is 0 Å². The number of nitrogens with zero attached hydrogens (tertiary/aromatic N) is 1. The zero-order chi connectivity index (χ0) is 18.5. The molecule has 0 unspecified atom stereocenters. The van der Waals surface area contributed by atoms with Crippen molar-refractivity contribution < 1.29 is 9.47 Å². The molecule has 0 amide bonds. The van der Waals surface area contributed by atoms with Gasteiger partial charge in [-0.05, 0) is 55.4 Å². The smallest absolute Gasteiger partial charge is 0.267 e. The van der Waals surface area contributed by atoms with E-state index in [0.717, 1.165) is 44.9 Å². The van der Waals surface area contributed by atoms with Gasteiger partial charge in [-0.1, -0.05) is 6.92 Å². The summed E-state index contributed by atoms with van der Waals surface area (Å²) in [5.74, 6) is 0.738. The van der Waals surface area contributed by atoms with E-state index in [-0.39, 0.29) is 11.2 Å². The SMILES string of the molecule is CC[C@@]1(C)Cc2c(sc3[nH]c(=S)n(-c4ccc(OC)cc4)c(=O)c23)CO1. The number of fused-ring (bicyclic) bond motifs is 3. The largest absolute Gasteiger partial charge is 0.497 e. The second-order valence-corrected chi connectivity index (χ2v) is 8.24. The molecule has 1 atom stereocenters. The fraction of sp³-hybridized carbons (Fsp3) is 0.368. The minimum Gasteiger partial charge on any atom is -0.497 e. The van der Waals surface area contributed by atoms with Gasteiger partial charge >= 0.3 is 0 Å². The molecule has 1 aliphatic heterocycles. The quantitative estimate of drug-likeness (QED) is 0.678. The number of methoxy groups -OCH3 is 1. The molecule has 1 aliphatic rings. The lowest BCUT2D eigenvalue weighted by Gasteiger charge is -2.32. The molecule has 136 valence electrons. The predicted molar refractivity (Wildman–Crippen MR) is 106 cm³/mol. The van der Waals surface area contributed by atoms with Crippen LogP contribution in [0.4, 0.5) is 0 Å². The van der Waals surface area contributed by atoms with Gasteiger partial charge in [-0.25, -0.2) is 0 Å². The minimum absolute atomic E-state index is 0.0771. The molecule has 7 heteroatoms. The van der Waals surface area contributed by atoms with Crippen molar-refractivity contribution >= 4 is 33.8 Å². The molecular formula is C19H20N2O3S2. The summed E-state index contributed by atoms with van der Waals surface area (Å²) in [4.78, 5) is 18.5. The molecule has 1 N–H and O–H groups in total. The van der Waals surface area contributed by atoms with Crippen molar-refractivity contribution in [2.24, 2.45) is 0 Å². The third kappa shape index (κ3) is 2.71. The van der Waals surface area contributed by atoms with Crippen LogP contribution in [-0.4, -0.2) is 22.3 Å². The maximum atomic E-state index is 13.3. The lowest BCUT2D eigenvalue weighted by atomic mass is 9.90. The summed E-state index contributed by atoms with van der Waals surface area (Å²) < 4.78 is 13.2. The first-order valence-electron chi connectivity index (χ1n) is 8.54. The van der Waals surface area contributed by atoms with Crippen molar-refractivity contribution in [2.45, 2.75) is 38.9 Å². The molecule has 2 aromatic heterocycles. The number of thiophene rings is 1. The summed E-state index contributed by atoms with van der Waals surface area (Å²) in [6, 6.07) is 7.33. The molecule has 0 saturated carbocycles. The Hall–Kier alpha value is -1.96. The van der Waals surface area contributed by atoms with Crippen molar-refractivity contribution in [3.8, 4) is 11.4 Å². The maximum Gasteiger partial charge on any atom is 0.267 e. The summed E-state index contributed by atoms with van der Waals surface area (Å²) in [5.41, 5.74) is 1.51. The Morgan fingerprint density at radius 3 is 2.77 bits per heavy atom. The first-order valence-corrected chi connectivity index (χ1v) is 9.76. The number of ether oxygens (including phenoxy) is 2. The maximum absolute atomic E-state index is 13.3. The first-order chi connectivity index (χ1) is 12.5. The highest BCUT2D eigenvalue weighted by Crippen LogP contribution is 2.38. The number of aromatic amines is 1. The van der Waals surface area contributed by atoms with Gasteiger partial charge in [-0.2, -0.15) is 0 Å². The Bertz CT molecular complexity index is 1090. The van der Waals surface area contributed by atoms with Crippen molar-refractivity contribution in [1.82, 2.24) is 9.55 Å². The predicted octanol–water partition coefficient (Wildman–Crippen LogP) is 4.36. The second kappa shape index (κ2) is 6.33. The summed E-state index contributed by atoms with van der Waals surface area (Å²) >= 11 is 7.04. The van der Waals surface area contributed by atoms with Gasteiger partial charge in [0.1, 0.15) is 10.6 Å². The third-order valence-electron chi connectivity index (χ3n) is 5.11. The average molecular weight is 389 g/mol. The fourth-order valence-corrected chi connectivity index (χ4v) is 4.82. The van der Waals surface area contributed by atoms with Gasteiger partial charge < -0.3 is 14.5 Å². The highest BCUT2D eigenvalue weighted by atomic mass is 32.1. The molecule has 1 aromatic carbocycles. The van der Waals surface area contributed by atoms with Gasteiger partial charge in [0.2, 0.25) is 0 Å². The summed E-state index contributed by atoms with van der Waals surface area (Å²) in [6.07, 6.45) is 1.64. The molecule has 0 radical (unpaired) electrons. The van der Waals surface area contributed by atoms with Crippen molar-refractivity contribution in [2.75, 3.05) is 7.11 Å². The molecule has 0 aliphatic carbocycles. The zero-order valence-corrected chi connectivity index (χ0v) is 16.6. The van der Waals surface area contributed by atoms with E-state index < -0.39 is 0 Å². The van der Waals surface area contributed by atoms with Crippen LogP contribution < -0.4 is 10.3 Å². The van der Waals surface area contributed by atoms with E-state index >= 15 is 0 Å². The number of benzene rings is 1. The molecule has 0 saturated heterocycles. The lowest BCUT2D eigenvalue weighted by Crippen LogP contribution is -2.34. The van der Waals surface area contributed by atoms with Crippen LogP contribution in [0.1, 0.15) is 30.7 Å². The van der Waals surface area contributed by atoms with Crippen LogP contribution in [0.2, 0.25) is 0 Å². The lowest BCUT2D eigenvalue weighted by molar-refractivity contribution is -0.0543. The Kier molecular flexibility index (Phi) is 4.25. The third-order valence-corrected chi connectivity index (χ3v) is 6.52. The van der Waals surface area contributed by atoms with E-state index in [9.17, 15) is 4.79 Å². The number of nitrogens with one attached hydrogen (secondary N) is 1. The highest BCUT2D eigenvalue weighted by Gasteiger charge is 2.33. The Morgan fingerprint density at radius 1 is 1.38 bits per heavy atom. The van der Waals surface area contributed by atoms with E-state index in [1.807, 2.05) is 24.3 Å². The molecular weight excluding hydrogens is 368 g/mol. The zero-order valence-electron chi connectivity index (χ0n) is 14.9. The van der Waals surface area contributed by atoms with Crippen LogP contribution in [0.15, 0.2) is 29.1 Å². The molecule has 3 heterocycles. The van der Waals surface area contributed by atoms with Crippen LogP contribution in [0.5, 0.6) is 5.75 Å². The molecule has 26 heavy (non-hydrogen) atoms. The molecule has 4 rings (SSSR count). The van der Waals surface area contributed by atoms with Gasteiger partial charge in [-0.3, -0.25) is 9.36 Å². The number of hydrogen-bond donors (Lipinski definition) is 1. The summed E-state index contributed by atoms with van der Waals surface area (Å²) in [5, 5.41) is 0.734. The van der Waals surface area contributed by atoms with Crippen LogP contribution in [0.3, 0.4) is 0 Å². The topological polar surface area (TPSA) is 56.2 Å². The van der Waals surface area contributed by atoms with Crippen LogP contribution in [-0.2, 0) is 17.8 Å². The molecule has 0 fully saturated rings. The van der Waals surface area contributed by atoms with Gasteiger partial charge in [-0.15, -0.1) is 11.3 Å². The van der Waals surface area contributed by atoms with Gasteiger partial charge in [0.25, 0.3) is 5.56 Å². The molecule has 0 bridgehead atoms. The normalized spacial score (nSPS) is 19.5. The molecule has 0 spiro atoms. The van der Waals surface area contributed by atoms with Gasteiger partial charge in [0.15, 0.2) is 4.77 Å². The van der Waals surface area contributed by atoms with Gasteiger partial charge in [0, 0.05) is 11.3 Å². The summed E-state index contributed by atoms with van der Waals surface area (Å²) in [7, 11) is 1.62. The number of rotatable bonds is 3. The first kappa shape index (κ1) is 17.5. The summed E-state index contributed by atoms with van der Waals surface area (Å²) in [6.45, 7) is 4.76. The van der Waals surface area contributed by atoms with Crippen molar-refractivity contribution in [3.05, 3.63) is 49.8 Å². The van der Waals surface area contributed by atoms with Crippen LogP contribution in [0.25, 0.3) is 15.9 Å². The van der Waals surface area contributed by atoms with E-state index in [1.54, 1.807) is 23.0 Å². The van der Waals surface area contributed by atoms with Gasteiger partial charge in [0.05, 0.1) is 30.4 Å². The monoisotopic (exact) mass is 388 g/mol. The average Bonchev–Trinajstić information content (AvgIpc) is 2.99. The Morgan fingerprint density at radius 2 is 2.12 bits per heavy atom. The Balaban J connectivity index is 1.95. The fourth-order valence-electron chi connectivity index (χ4n) is 3.34. The molecule has 3 aromatic rings. The second-order valence-electron chi connectivity index (χ2n) is 6.75. The Labute approximate surface area is 160 Å². The number of aromatic nitrogens is 2. The van der Waals surface area contributed by atoms with Crippen LogP contribution >= 0.6 is 23.6 Å². The molecule has 5 nitrogen and oxygen atoms in total. The highest BCUT2D eigenvalue weighted by molar-refractivity contribution is 7.71. The van der Waals surface area contributed by atoms with Crippen LogP contribution in [0, 0.1) is 4.77 Å². The van der Waals surface area contributed by atoms with Crippen molar-refractivity contribution in [1.29, 1.82) is 0 Å². The standard InChI is InChI=1S/C19H20N2O3S2/c1-4-19(2)9-13-14(10-24-19)26-16-15(13)17(22)21(18(25)20-16)11-5-7-12(23-3)8-6-11/h5-8H,4,9-10H2,1-3H3,(H,20,25)/t19-/m0/s1.